The predicted molar refractivity (Wildman–Crippen MR) is 102 cm³/mol. The minimum Gasteiger partial charge on any atom is -0.497 e. The van der Waals surface area contributed by atoms with E-state index in [-0.39, 0.29) is 23.9 Å². The van der Waals surface area contributed by atoms with Gasteiger partial charge in [-0.2, -0.15) is 0 Å². The molecular formula is C20H15FN4O4. The summed E-state index contributed by atoms with van der Waals surface area (Å²) in [6.45, 7) is -0.0588. The molecular weight excluding hydrogens is 379 g/mol. The number of methoxy groups -OCH3 is 1. The van der Waals surface area contributed by atoms with Gasteiger partial charge >= 0.3 is 0 Å². The van der Waals surface area contributed by atoms with Crippen LogP contribution in [0, 0.1) is 5.82 Å². The number of benzene rings is 2. The van der Waals surface area contributed by atoms with Crippen LogP contribution in [0.2, 0.25) is 0 Å². The van der Waals surface area contributed by atoms with Crippen molar-refractivity contribution >= 4 is 16.8 Å². The van der Waals surface area contributed by atoms with Crippen molar-refractivity contribution in [2.24, 2.45) is 0 Å². The van der Waals surface area contributed by atoms with Gasteiger partial charge in [0.1, 0.15) is 17.1 Å². The highest BCUT2D eigenvalue weighted by molar-refractivity contribution is 5.97. The SMILES string of the molecule is COc1cccc(-c2nnc(CNC(=O)c3cc4ccc(F)cc4[nH]c3=O)o2)c1. The van der Waals surface area contributed by atoms with E-state index < -0.39 is 17.3 Å². The summed E-state index contributed by atoms with van der Waals surface area (Å²) in [6.07, 6.45) is 0. The molecule has 0 aliphatic carbocycles. The number of aromatic nitrogens is 3. The van der Waals surface area contributed by atoms with Gasteiger partial charge in [0.2, 0.25) is 11.8 Å². The first-order chi connectivity index (χ1) is 14.0. The number of nitrogens with one attached hydrogen (secondary N) is 2. The molecule has 0 saturated carbocycles. The summed E-state index contributed by atoms with van der Waals surface area (Å²) in [5, 5.41) is 11.0. The largest absolute Gasteiger partial charge is 0.497 e. The molecule has 2 aromatic heterocycles. The van der Waals surface area contributed by atoms with Gasteiger partial charge in [0.05, 0.1) is 19.2 Å². The number of carbonyl (C=O) groups is 1. The lowest BCUT2D eigenvalue weighted by molar-refractivity contribution is 0.0946. The summed E-state index contributed by atoms with van der Waals surface area (Å²) < 4.78 is 24.0. The third-order valence-corrected chi connectivity index (χ3v) is 4.24. The maximum Gasteiger partial charge on any atom is 0.261 e. The number of fused-ring (bicyclic) bond motifs is 1. The molecule has 0 radical (unpaired) electrons. The Hall–Kier alpha value is -4.01. The molecule has 4 rings (SSSR count). The van der Waals surface area contributed by atoms with Crippen molar-refractivity contribution in [1.29, 1.82) is 0 Å². The fourth-order valence-electron chi connectivity index (χ4n) is 2.79. The minimum atomic E-state index is -0.622. The summed E-state index contributed by atoms with van der Waals surface area (Å²) in [5.74, 6) is 0.00680. The zero-order valence-corrected chi connectivity index (χ0v) is 15.2. The van der Waals surface area contributed by atoms with Crippen molar-refractivity contribution in [2.75, 3.05) is 7.11 Å². The number of hydrogen-bond acceptors (Lipinski definition) is 6. The topological polar surface area (TPSA) is 110 Å². The molecule has 0 atom stereocenters. The van der Waals surface area contributed by atoms with Gasteiger partial charge in [0.15, 0.2) is 0 Å². The second-order valence-electron chi connectivity index (χ2n) is 6.16. The molecule has 0 spiro atoms. The van der Waals surface area contributed by atoms with E-state index in [1.807, 2.05) is 0 Å². The zero-order chi connectivity index (χ0) is 20.4. The number of hydrogen-bond donors (Lipinski definition) is 2. The third-order valence-electron chi connectivity index (χ3n) is 4.24. The Bertz CT molecular complexity index is 1260. The molecule has 2 heterocycles. The molecule has 4 aromatic rings. The van der Waals surface area contributed by atoms with E-state index in [0.29, 0.717) is 22.2 Å². The van der Waals surface area contributed by atoms with Gasteiger partial charge in [-0.1, -0.05) is 6.07 Å². The van der Waals surface area contributed by atoms with Crippen molar-refractivity contribution in [2.45, 2.75) is 6.54 Å². The molecule has 1 amide bonds. The molecule has 2 N–H and O–H groups in total. The Kier molecular flexibility index (Phi) is 4.78. The maximum absolute atomic E-state index is 13.3. The molecule has 2 aromatic carbocycles. The number of carbonyl (C=O) groups excluding carboxylic acids is 1. The van der Waals surface area contributed by atoms with Gasteiger partial charge in [0, 0.05) is 5.56 Å². The van der Waals surface area contributed by atoms with Crippen LogP contribution < -0.4 is 15.6 Å². The van der Waals surface area contributed by atoms with Gasteiger partial charge in [-0.15, -0.1) is 10.2 Å². The number of rotatable bonds is 5. The van der Waals surface area contributed by atoms with Gasteiger partial charge in [-0.3, -0.25) is 9.59 Å². The van der Waals surface area contributed by atoms with E-state index >= 15 is 0 Å². The normalized spacial score (nSPS) is 10.8. The molecule has 0 fully saturated rings. The van der Waals surface area contributed by atoms with E-state index in [0.717, 1.165) is 0 Å². The van der Waals surface area contributed by atoms with Crippen molar-refractivity contribution in [3.05, 3.63) is 76.2 Å². The molecule has 0 aliphatic heterocycles. The summed E-state index contributed by atoms with van der Waals surface area (Å²) >= 11 is 0. The minimum absolute atomic E-state index is 0.0588. The Morgan fingerprint density at radius 1 is 1.21 bits per heavy atom. The molecule has 0 bridgehead atoms. The molecule has 29 heavy (non-hydrogen) atoms. The zero-order valence-electron chi connectivity index (χ0n) is 15.2. The van der Waals surface area contributed by atoms with Crippen LogP contribution in [-0.4, -0.2) is 28.2 Å². The van der Waals surface area contributed by atoms with Crippen LogP contribution in [0.25, 0.3) is 22.4 Å². The van der Waals surface area contributed by atoms with Crippen LogP contribution in [0.5, 0.6) is 5.75 Å². The average Bonchev–Trinajstić information content (AvgIpc) is 3.20. The van der Waals surface area contributed by atoms with Gasteiger partial charge in [0.25, 0.3) is 11.5 Å². The first-order valence-corrected chi connectivity index (χ1v) is 8.61. The average molecular weight is 394 g/mol. The lowest BCUT2D eigenvalue weighted by Gasteiger charge is -2.04. The van der Waals surface area contributed by atoms with Crippen LogP contribution >= 0.6 is 0 Å². The Balaban J connectivity index is 1.49. The Morgan fingerprint density at radius 2 is 2.07 bits per heavy atom. The molecule has 0 aliphatic rings. The van der Waals surface area contributed by atoms with Gasteiger partial charge in [-0.05, 0) is 47.9 Å². The van der Waals surface area contributed by atoms with Gasteiger partial charge in [-0.25, -0.2) is 4.39 Å². The van der Waals surface area contributed by atoms with Crippen molar-refractivity contribution in [3.8, 4) is 17.2 Å². The number of halogens is 1. The lowest BCUT2D eigenvalue weighted by atomic mass is 10.1. The summed E-state index contributed by atoms with van der Waals surface area (Å²) in [5.41, 5.74) is 0.263. The Labute approximate surface area is 163 Å². The molecule has 146 valence electrons. The van der Waals surface area contributed by atoms with Crippen LogP contribution in [0.4, 0.5) is 4.39 Å². The van der Waals surface area contributed by atoms with E-state index in [9.17, 15) is 14.0 Å². The van der Waals surface area contributed by atoms with E-state index in [1.165, 1.54) is 24.3 Å². The summed E-state index contributed by atoms with van der Waals surface area (Å²) in [7, 11) is 1.55. The second kappa shape index (κ2) is 7.55. The number of amides is 1. The quantitative estimate of drug-likeness (QED) is 0.539. The van der Waals surface area contributed by atoms with E-state index in [4.69, 9.17) is 9.15 Å². The first-order valence-electron chi connectivity index (χ1n) is 8.61. The predicted octanol–water partition coefficient (Wildman–Crippen LogP) is 2.66. The monoisotopic (exact) mass is 394 g/mol. The van der Waals surface area contributed by atoms with Crippen molar-refractivity contribution in [3.63, 3.8) is 0 Å². The third kappa shape index (κ3) is 3.84. The number of ether oxygens (including phenoxy) is 1. The van der Waals surface area contributed by atoms with Crippen molar-refractivity contribution < 1.29 is 18.3 Å². The highest BCUT2D eigenvalue weighted by atomic mass is 19.1. The standard InChI is InChI=1S/C20H15FN4O4/c1-28-14-4-2-3-12(7-14)20-25-24-17(29-20)10-22-18(26)15-8-11-5-6-13(21)9-16(11)23-19(15)27/h2-9H,10H2,1H3,(H,22,26)(H,23,27). The second-order valence-corrected chi connectivity index (χ2v) is 6.16. The molecule has 8 nitrogen and oxygen atoms in total. The Morgan fingerprint density at radius 3 is 2.90 bits per heavy atom. The van der Waals surface area contributed by atoms with Crippen LogP contribution in [-0.2, 0) is 6.54 Å². The number of nitrogens with zero attached hydrogens (tertiary/aromatic N) is 2. The molecule has 9 heteroatoms. The van der Waals surface area contributed by atoms with Crippen LogP contribution in [0.15, 0.2) is 57.7 Å². The summed E-state index contributed by atoms with van der Waals surface area (Å²) in [4.78, 5) is 27.0. The van der Waals surface area contributed by atoms with E-state index in [2.05, 4.69) is 20.5 Å². The highest BCUT2D eigenvalue weighted by Gasteiger charge is 2.14. The van der Waals surface area contributed by atoms with Gasteiger partial charge < -0.3 is 19.5 Å². The van der Waals surface area contributed by atoms with Crippen molar-refractivity contribution in [1.82, 2.24) is 20.5 Å². The smallest absolute Gasteiger partial charge is 0.261 e. The molecule has 0 saturated heterocycles. The highest BCUT2D eigenvalue weighted by Crippen LogP contribution is 2.22. The number of aromatic amines is 1. The van der Waals surface area contributed by atoms with Crippen LogP contribution in [0.3, 0.4) is 0 Å². The number of pyridine rings is 1. The fourth-order valence-corrected chi connectivity index (χ4v) is 2.79. The lowest BCUT2D eigenvalue weighted by Crippen LogP contribution is -2.29. The fraction of sp³-hybridized carbons (Fsp3) is 0.100. The van der Waals surface area contributed by atoms with E-state index in [1.54, 1.807) is 31.4 Å². The maximum atomic E-state index is 13.3. The van der Waals surface area contributed by atoms with Crippen LogP contribution in [0.1, 0.15) is 16.2 Å². The first kappa shape index (κ1) is 18.4. The molecule has 0 unspecified atom stereocenters. The number of H-pyrrole nitrogens is 1. The summed E-state index contributed by atoms with van der Waals surface area (Å²) in [6, 6.07) is 12.4.